The van der Waals surface area contributed by atoms with Crippen molar-refractivity contribution in [2.45, 2.75) is 38.5 Å². The summed E-state index contributed by atoms with van der Waals surface area (Å²) < 4.78 is 4.74. The lowest BCUT2D eigenvalue weighted by Crippen LogP contribution is -2.30. The van der Waals surface area contributed by atoms with Gasteiger partial charge in [-0.05, 0) is 37.9 Å². The third-order valence-corrected chi connectivity index (χ3v) is 4.47. The summed E-state index contributed by atoms with van der Waals surface area (Å²) in [5, 5.41) is 8.54. The molecule has 29 heavy (non-hydrogen) atoms. The second-order valence-corrected chi connectivity index (χ2v) is 7.04. The molecule has 0 aromatic heterocycles. The number of ketones is 1. The van der Waals surface area contributed by atoms with Crippen LogP contribution in [0, 0.1) is 0 Å². The summed E-state index contributed by atoms with van der Waals surface area (Å²) in [7, 11) is 1.33. The standard InChI is InChI=1S/C15H18O5.C8H11N/c1-15(2,14(19)20-3)11-6-4-10(5-7-11)12(16)8-9-13(17)18;9-7-6-8-4-2-1-3-5-8/h4-7H,8-9H2,1-3H3,(H,17,18);1-5H,6-7,9H2. The highest BCUT2D eigenvalue weighted by atomic mass is 16.5. The van der Waals surface area contributed by atoms with Crippen LogP contribution in [0.15, 0.2) is 54.6 Å². The van der Waals surface area contributed by atoms with E-state index in [4.69, 9.17) is 15.6 Å². The van der Waals surface area contributed by atoms with Crippen molar-refractivity contribution < 1.29 is 24.2 Å². The SMILES string of the molecule is COC(=O)C(C)(C)c1ccc(C(=O)CCC(=O)O)cc1.NCCc1ccccc1. The Morgan fingerprint density at radius 2 is 1.55 bits per heavy atom. The average Bonchev–Trinajstić information content (AvgIpc) is 2.73. The van der Waals surface area contributed by atoms with E-state index in [2.05, 4.69) is 12.1 Å². The Morgan fingerprint density at radius 3 is 2.03 bits per heavy atom. The predicted octanol–water partition coefficient (Wildman–Crippen LogP) is 3.37. The summed E-state index contributed by atoms with van der Waals surface area (Å²) in [6.07, 6.45) is 0.768. The van der Waals surface area contributed by atoms with Gasteiger partial charge < -0.3 is 15.6 Å². The minimum atomic E-state index is -0.998. The van der Waals surface area contributed by atoms with Crippen molar-refractivity contribution in [2.75, 3.05) is 13.7 Å². The van der Waals surface area contributed by atoms with Crippen LogP contribution in [-0.2, 0) is 26.2 Å². The van der Waals surface area contributed by atoms with Crippen molar-refractivity contribution in [2.24, 2.45) is 5.73 Å². The summed E-state index contributed by atoms with van der Waals surface area (Å²) in [6.45, 7) is 4.21. The zero-order valence-corrected chi connectivity index (χ0v) is 17.2. The molecule has 0 amide bonds. The molecule has 6 nitrogen and oxygen atoms in total. The van der Waals surface area contributed by atoms with Gasteiger partial charge in [-0.25, -0.2) is 0 Å². The van der Waals surface area contributed by atoms with Gasteiger partial charge >= 0.3 is 11.9 Å². The summed E-state index contributed by atoms with van der Waals surface area (Å²) in [5.41, 5.74) is 7.06. The molecule has 0 atom stereocenters. The molecule has 0 aliphatic carbocycles. The number of nitrogens with two attached hydrogens (primary N) is 1. The molecule has 156 valence electrons. The number of methoxy groups -OCH3 is 1. The van der Waals surface area contributed by atoms with Gasteiger partial charge in [0.2, 0.25) is 0 Å². The fourth-order valence-corrected chi connectivity index (χ4v) is 2.62. The molecular formula is C23H29NO5. The van der Waals surface area contributed by atoms with Gasteiger partial charge in [-0.2, -0.15) is 0 Å². The Labute approximate surface area is 171 Å². The summed E-state index contributed by atoms with van der Waals surface area (Å²) in [6, 6.07) is 16.8. The molecule has 0 unspecified atom stereocenters. The molecule has 6 heteroatoms. The first-order valence-corrected chi connectivity index (χ1v) is 9.40. The van der Waals surface area contributed by atoms with E-state index >= 15 is 0 Å². The molecule has 0 aliphatic rings. The number of ether oxygens (including phenoxy) is 1. The smallest absolute Gasteiger partial charge is 0.315 e. The molecule has 0 aliphatic heterocycles. The fraction of sp³-hybridized carbons (Fsp3) is 0.348. The van der Waals surface area contributed by atoms with Gasteiger partial charge in [0.15, 0.2) is 5.78 Å². The maximum Gasteiger partial charge on any atom is 0.315 e. The van der Waals surface area contributed by atoms with Crippen molar-refractivity contribution >= 4 is 17.7 Å². The molecule has 0 bridgehead atoms. The molecule has 0 saturated carbocycles. The monoisotopic (exact) mass is 399 g/mol. The van der Waals surface area contributed by atoms with Crippen LogP contribution in [0.3, 0.4) is 0 Å². The molecule has 0 spiro atoms. The van der Waals surface area contributed by atoms with Crippen molar-refractivity contribution in [3.63, 3.8) is 0 Å². The number of carboxylic acid groups (broad SMARTS) is 1. The first kappa shape index (κ1) is 24.0. The maximum absolute atomic E-state index is 11.7. The van der Waals surface area contributed by atoms with Crippen LogP contribution in [0.2, 0.25) is 0 Å². The number of hydrogen-bond donors (Lipinski definition) is 2. The Balaban J connectivity index is 0.000000387. The summed E-state index contributed by atoms with van der Waals surface area (Å²) in [4.78, 5) is 33.8. The second-order valence-electron chi connectivity index (χ2n) is 7.04. The van der Waals surface area contributed by atoms with Crippen LogP contribution >= 0.6 is 0 Å². The van der Waals surface area contributed by atoms with Crippen LogP contribution in [0.1, 0.15) is 48.2 Å². The zero-order chi connectivity index (χ0) is 21.9. The van der Waals surface area contributed by atoms with Gasteiger partial charge in [-0.3, -0.25) is 14.4 Å². The number of esters is 1. The lowest BCUT2D eigenvalue weighted by molar-refractivity contribution is -0.146. The molecule has 0 saturated heterocycles. The summed E-state index contributed by atoms with van der Waals surface area (Å²) >= 11 is 0. The lowest BCUT2D eigenvalue weighted by Gasteiger charge is -2.22. The first-order chi connectivity index (χ1) is 13.7. The predicted molar refractivity (Wildman–Crippen MR) is 112 cm³/mol. The number of carboxylic acids is 1. The van der Waals surface area contributed by atoms with Gasteiger partial charge in [0.1, 0.15) is 0 Å². The Hall–Kier alpha value is -2.99. The van der Waals surface area contributed by atoms with Crippen LogP contribution in [0.5, 0.6) is 0 Å². The Morgan fingerprint density at radius 1 is 0.966 bits per heavy atom. The van der Waals surface area contributed by atoms with E-state index in [0.29, 0.717) is 5.56 Å². The largest absolute Gasteiger partial charge is 0.481 e. The first-order valence-electron chi connectivity index (χ1n) is 9.40. The van der Waals surface area contributed by atoms with E-state index in [1.165, 1.54) is 12.7 Å². The van der Waals surface area contributed by atoms with E-state index in [9.17, 15) is 14.4 Å². The second kappa shape index (κ2) is 11.8. The van der Waals surface area contributed by atoms with E-state index in [1.54, 1.807) is 38.1 Å². The van der Waals surface area contributed by atoms with Crippen molar-refractivity contribution in [1.29, 1.82) is 0 Å². The number of carbonyl (C=O) groups is 3. The van der Waals surface area contributed by atoms with Gasteiger partial charge in [0, 0.05) is 12.0 Å². The van der Waals surface area contributed by atoms with E-state index in [1.807, 2.05) is 18.2 Å². The Kier molecular flexibility index (Phi) is 9.75. The molecule has 2 aromatic rings. The van der Waals surface area contributed by atoms with Gasteiger partial charge in [0.05, 0.1) is 18.9 Å². The van der Waals surface area contributed by atoms with Crippen molar-refractivity contribution in [3.8, 4) is 0 Å². The molecule has 0 heterocycles. The van der Waals surface area contributed by atoms with Crippen LogP contribution in [0.25, 0.3) is 0 Å². The number of carbonyl (C=O) groups excluding carboxylic acids is 2. The van der Waals surface area contributed by atoms with Gasteiger partial charge in [0.25, 0.3) is 0 Å². The third-order valence-electron chi connectivity index (χ3n) is 4.47. The van der Waals surface area contributed by atoms with Crippen molar-refractivity contribution in [1.82, 2.24) is 0 Å². The van der Waals surface area contributed by atoms with Gasteiger partial charge in [-0.15, -0.1) is 0 Å². The molecule has 2 aromatic carbocycles. The topological polar surface area (TPSA) is 107 Å². The van der Waals surface area contributed by atoms with Gasteiger partial charge in [-0.1, -0.05) is 54.6 Å². The van der Waals surface area contributed by atoms with E-state index < -0.39 is 11.4 Å². The third kappa shape index (κ3) is 7.87. The van der Waals surface area contributed by atoms with Crippen molar-refractivity contribution in [3.05, 3.63) is 71.3 Å². The normalized spacial score (nSPS) is 10.5. The highest BCUT2D eigenvalue weighted by Gasteiger charge is 2.30. The molecule has 2 rings (SSSR count). The summed E-state index contributed by atoms with van der Waals surface area (Å²) in [5.74, 6) is -1.58. The fourth-order valence-electron chi connectivity index (χ4n) is 2.62. The highest BCUT2D eigenvalue weighted by Crippen LogP contribution is 2.25. The number of aliphatic carboxylic acids is 1. The minimum absolute atomic E-state index is 0.0327. The quantitative estimate of drug-likeness (QED) is 0.521. The number of hydrogen-bond acceptors (Lipinski definition) is 5. The zero-order valence-electron chi connectivity index (χ0n) is 17.2. The van der Waals surface area contributed by atoms with E-state index in [-0.39, 0.29) is 24.6 Å². The average molecular weight is 399 g/mol. The van der Waals surface area contributed by atoms with Crippen LogP contribution < -0.4 is 5.73 Å². The number of benzene rings is 2. The Bertz CT molecular complexity index is 798. The van der Waals surface area contributed by atoms with Crippen LogP contribution in [0.4, 0.5) is 0 Å². The van der Waals surface area contributed by atoms with Crippen LogP contribution in [-0.4, -0.2) is 36.5 Å². The molecule has 3 N–H and O–H groups in total. The lowest BCUT2D eigenvalue weighted by atomic mass is 9.84. The highest BCUT2D eigenvalue weighted by molar-refractivity contribution is 5.97. The number of Topliss-reactive ketones (excluding diaryl/α,β-unsaturated/α-hetero) is 1. The molecule has 0 fully saturated rings. The molecular weight excluding hydrogens is 370 g/mol. The maximum atomic E-state index is 11.7. The number of rotatable bonds is 8. The van der Waals surface area contributed by atoms with E-state index in [0.717, 1.165) is 18.5 Å². The minimum Gasteiger partial charge on any atom is -0.481 e. The molecule has 0 radical (unpaired) electrons.